The SMILES string of the molecule is COc1ccc(Br)cc1/C=N/NC(=O)Cc1cccn1C. The summed E-state index contributed by atoms with van der Waals surface area (Å²) in [6.45, 7) is 0. The van der Waals surface area contributed by atoms with Crippen LogP contribution in [0.2, 0.25) is 0 Å². The van der Waals surface area contributed by atoms with Crippen LogP contribution >= 0.6 is 15.9 Å². The van der Waals surface area contributed by atoms with Crippen LogP contribution in [0.25, 0.3) is 0 Å². The molecule has 1 amide bonds. The Morgan fingerprint density at radius 2 is 2.29 bits per heavy atom. The van der Waals surface area contributed by atoms with Crippen molar-refractivity contribution in [2.24, 2.45) is 12.1 Å². The summed E-state index contributed by atoms with van der Waals surface area (Å²) in [7, 11) is 3.49. The van der Waals surface area contributed by atoms with Gasteiger partial charge in [0.25, 0.3) is 0 Å². The van der Waals surface area contributed by atoms with Gasteiger partial charge in [0, 0.05) is 29.0 Å². The summed E-state index contributed by atoms with van der Waals surface area (Å²) in [4.78, 5) is 11.8. The number of aromatic nitrogens is 1. The van der Waals surface area contributed by atoms with Crippen LogP contribution in [0.5, 0.6) is 5.75 Å². The molecule has 0 saturated carbocycles. The van der Waals surface area contributed by atoms with Crippen LogP contribution in [0.15, 0.2) is 46.1 Å². The highest BCUT2D eigenvalue weighted by molar-refractivity contribution is 9.10. The van der Waals surface area contributed by atoms with E-state index in [9.17, 15) is 4.79 Å². The number of carbonyl (C=O) groups is 1. The Labute approximate surface area is 131 Å². The monoisotopic (exact) mass is 349 g/mol. The second-order valence-corrected chi connectivity index (χ2v) is 5.38. The minimum atomic E-state index is -0.165. The molecular weight excluding hydrogens is 334 g/mol. The van der Waals surface area contributed by atoms with Gasteiger partial charge >= 0.3 is 0 Å². The van der Waals surface area contributed by atoms with E-state index in [4.69, 9.17) is 4.74 Å². The van der Waals surface area contributed by atoms with E-state index in [1.165, 1.54) is 0 Å². The minimum absolute atomic E-state index is 0.165. The van der Waals surface area contributed by atoms with Crippen molar-refractivity contribution in [1.29, 1.82) is 0 Å². The third-order valence-electron chi connectivity index (χ3n) is 2.98. The predicted molar refractivity (Wildman–Crippen MR) is 85.5 cm³/mol. The van der Waals surface area contributed by atoms with E-state index in [2.05, 4.69) is 26.5 Å². The summed E-state index contributed by atoms with van der Waals surface area (Å²) in [5.74, 6) is 0.528. The number of ether oxygens (including phenoxy) is 1. The van der Waals surface area contributed by atoms with Crippen molar-refractivity contribution in [2.45, 2.75) is 6.42 Å². The van der Waals surface area contributed by atoms with Crippen molar-refractivity contribution >= 4 is 28.1 Å². The summed E-state index contributed by atoms with van der Waals surface area (Å²) < 4.78 is 8.05. The van der Waals surface area contributed by atoms with E-state index < -0.39 is 0 Å². The summed E-state index contributed by atoms with van der Waals surface area (Å²) in [5.41, 5.74) is 4.23. The number of aryl methyl sites for hydroxylation is 1. The van der Waals surface area contributed by atoms with Gasteiger partial charge in [0.2, 0.25) is 5.91 Å². The molecule has 2 aromatic rings. The molecule has 0 aliphatic heterocycles. The molecular formula is C15H16BrN3O2. The fourth-order valence-electron chi connectivity index (χ4n) is 1.86. The number of nitrogens with one attached hydrogen (secondary N) is 1. The number of carbonyl (C=O) groups excluding carboxylic acids is 1. The molecule has 0 atom stereocenters. The average Bonchev–Trinajstić information content (AvgIpc) is 2.84. The molecule has 6 heteroatoms. The van der Waals surface area contributed by atoms with E-state index in [-0.39, 0.29) is 12.3 Å². The maximum absolute atomic E-state index is 11.8. The molecule has 1 aromatic heterocycles. The van der Waals surface area contributed by atoms with Gasteiger partial charge in [-0.05, 0) is 30.3 Å². The van der Waals surface area contributed by atoms with Crippen LogP contribution in [-0.4, -0.2) is 23.8 Å². The van der Waals surface area contributed by atoms with Crippen LogP contribution < -0.4 is 10.2 Å². The van der Waals surface area contributed by atoms with Gasteiger partial charge in [-0.1, -0.05) is 15.9 Å². The Kier molecular flexibility index (Phi) is 5.16. The molecule has 0 unspecified atom stereocenters. The fourth-order valence-corrected chi connectivity index (χ4v) is 2.24. The lowest BCUT2D eigenvalue weighted by atomic mass is 10.2. The van der Waals surface area contributed by atoms with Crippen LogP contribution in [-0.2, 0) is 18.3 Å². The number of hydrazone groups is 1. The largest absolute Gasteiger partial charge is 0.496 e. The van der Waals surface area contributed by atoms with Gasteiger partial charge in [0.1, 0.15) is 5.75 Å². The van der Waals surface area contributed by atoms with Crippen molar-refractivity contribution in [1.82, 2.24) is 9.99 Å². The van der Waals surface area contributed by atoms with E-state index in [1.54, 1.807) is 13.3 Å². The minimum Gasteiger partial charge on any atom is -0.496 e. The predicted octanol–water partition coefficient (Wildman–Crippen LogP) is 2.49. The number of rotatable bonds is 5. The number of nitrogens with zero attached hydrogens (tertiary/aromatic N) is 2. The van der Waals surface area contributed by atoms with Gasteiger partial charge in [-0.15, -0.1) is 0 Å². The van der Waals surface area contributed by atoms with Crippen molar-refractivity contribution in [3.63, 3.8) is 0 Å². The lowest BCUT2D eigenvalue weighted by Gasteiger charge is -2.05. The lowest BCUT2D eigenvalue weighted by Crippen LogP contribution is -2.20. The maximum Gasteiger partial charge on any atom is 0.245 e. The lowest BCUT2D eigenvalue weighted by molar-refractivity contribution is -0.120. The first-order valence-electron chi connectivity index (χ1n) is 6.36. The zero-order valence-corrected chi connectivity index (χ0v) is 13.4. The highest BCUT2D eigenvalue weighted by Crippen LogP contribution is 2.21. The highest BCUT2D eigenvalue weighted by atomic mass is 79.9. The molecule has 0 fully saturated rings. The molecule has 1 heterocycles. The third kappa shape index (κ3) is 4.19. The smallest absolute Gasteiger partial charge is 0.245 e. The maximum atomic E-state index is 11.8. The number of hydrogen-bond donors (Lipinski definition) is 1. The Balaban J connectivity index is 1.97. The summed E-state index contributed by atoms with van der Waals surface area (Å²) in [6.07, 6.45) is 3.75. The van der Waals surface area contributed by atoms with Crippen LogP contribution in [0, 0.1) is 0 Å². The van der Waals surface area contributed by atoms with E-state index in [0.29, 0.717) is 5.75 Å². The number of methoxy groups -OCH3 is 1. The Bertz CT molecular complexity index is 665. The topological polar surface area (TPSA) is 55.6 Å². The van der Waals surface area contributed by atoms with Crippen molar-refractivity contribution in [3.05, 3.63) is 52.3 Å². The van der Waals surface area contributed by atoms with Gasteiger partial charge in [-0.3, -0.25) is 4.79 Å². The second kappa shape index (κ2) is 7.08. The van der Waals surface area contributed by atoms with Crippen molar-refractivity contribution in [2.75, 3.05) is 7.11 Å². The third-order valence-corrected chi connectivity index (χ3v) is 3.47. The normalized spacial score (nSPS) is 10.8. The van der Waals surface area contributed by atoms with Crippen LogP contribution in [0.1, 0.15) is 11.3 Å². The average molecular weight is 350 g/mol. The summed E-state index contributed by atoms with van der Waals surface area (Å²) in [6, 6.07) is 9.38. The first kappa shape index (κ1) is 15.3. The van der Waals surface area contributed by atoms with E-state index in [1.807, 2.05) is 48.1 Å². The Hall–Kier alpha value is -2.08. The Morgan fingerprint density at radius 1 is 1.48 bits per heavy atom. The molecule has 0 aliphatic carbocycles. The molecule has 110 valence electrons. The van der Waals surface area contributed by atoms with E-state index >= 15 is 0 Å². The molecule has 0 radical (unpaired) electrons. The van der Waals surface area contributed by atoms with Crippen LogP contribution in [0.3, 0.4) is 0 Å². The number of halogens is 1. The quantitative estimate of drug-likeness (QED) is 0.665. The molecule has 5 nitrogen and oxygen atoms in total. The van der Waals surface area contributed by atoms with Gasteiger partial charge in [-0.2, -0.15) is 5.10 Å². The zero-order chi connectivity index (χ0) is 15.2. The molecule has 0 aliphatic rings. The zero-order valence-electron chi connectivity index (χ0n) is 11.8. The standard InChI is InChI=1S/C15H16BrN3O2/c1-19-7-3-4-13(19)9-15(20)18-17-10-11-8-12(16)5-6-14(11)21-2/h3-8,10H,9H2,1-2H3,(H,18,20)/b17-10+. The molecule has 2 rings (SSSR count). The number of amides is 1. The first-order chi connectivity index (χ1) is 10.1. The molecule has 1 N–H and O–H groups in total. The number of benzene rings is 1. The second-order valence-electron chi connectivity index (χ2n) is 4.47. The first-order valence-corrected chi connectivity index (χ1v) is 7.15. The van der Waals surface area contributed by atoms with Gasteiger partial charge in [-0.25, -0.2) is 5.43 Å². The van der Waals surface area contributed by atoms with Gasteiger partial charge in [0.15, 0.2) is 0 Å². The molecule has 21 heavy (non-hydrogen) atoms. The van der Waals surface area contributed by atoms with Gasteiger partial charge in [0.05, 0.1) is 19.7 Å². The van der Waals surface area contributed by atoms with Crippen molar-refractivity contribution in [3.8, 4) is 5.75 Å². The Morgan fingerprint density at radius 3 is 2.95 bits per heavy atom. The number of hydrogen-bond acceptors (Lipinski definition) is 3. The van der Waals surface area contributed by atoms with Crippen molar-refractivity contribution < 1.29 is 9.53 Å². The molecule has 0 spiro atoms. The summed E-state index contributed by atoms with van der Waals surface area (Å²) in [5, 5.41) is 3.97. The summed E-state index contributed by atoms with van der Waals surface area (Å²) >= 11 is 3.39. The van der Waals surface area contributed by atoms with Crippen LogP contribution in [0.4, 0.5) is 0 Å². The van der Waals surface area contributed by atoms with Gasteiger partial charge < -0.3 is 9.30 Å². The molecule has 0 bridgehead atoms. The highest BCUT2D eigenvalue weighted by Gasteiger charge is 2.05. The fraction of sp³-hybridized carbons (Fsp3) is 0.200. The molecule has 1 aromatic carbocycles. The molecule has 0 saturated heterocycles. The van der Waals surface area contributed by atoms with E-state index in [0.717, 1.165) is 15.7 Å².